The van der Waals surface area contributed by atoms with E-state index in [4.69, 9.17) is 37.4 Å². The summed E-state index contributed by atoms with van der Waals surface area (Å²) >= 11 is 10.8. The smallest absolute Gasteiger partial charge is 0.330 e. The average molecular weight is 411 g/mol. The van der Waals surface area contributed by atoms with E-state index in [-0.39, 0.29) is 0 Å². The predicted octanol–water partition coefficient (Wildman–Crippen LogP) is -0.882. The number of aromatic amines is 1. The number of hydrogen-bond donors (Lipinski definition) is 2. The van der Waals surface area contributed by atoms with Crippen LogP contribution in [0, 0.1) is 0 Å². The topological polar surface area (TPSA) is 137 Å². The molecule has 0 radical (unpaired) electrons. The van der Waals surface area contributed by atoms with Crippen molar-refractivity contribution in [2.45, 2.75) is 31.0 Å². The van der Waals surface area contributed by atoms with Gasteiger partial charge in [0.2, 0.25) is 0 Å². The van der Waals surface area contributed by atoms with Gasteiger partial charge in [0.15, 0.2) is 12.3 Å². The van der Waals surface area contributed by atoms with E-state index in [2.05, 4.69) is 0 Å². The normalized spacial score (nSPS) is 27.9. The summed E-state index contributed by atoms with van der Waals surface area (Å²) in [5, 5.41) is 10.8. The SMILES string of the molecule is CC1(O)[C@H](OC(=O)CCl)[C@@H](COC(=O)CCl)O[C@H]1n1ccc(=O)[nH]c1=O. The summed E-state index contributed by atoms with van der Waals surface area (Å²) in [6.45, 7) is 0.876. The van der Waals surface area contributed by atoms with Crippen molar-refractivity contribution in [2.75, 3.05) is 18.4 Å². The molecular formula is C14H16Cl2N2O8. The average Bonchev–Trinajstić information content (AvgIpc) is 2.83. The number of hydrogen-bond acceptors (Lipinski definition) is 8. The van der Waals surface area contributed by atoms with Crippen LogP contribution in [0.4, 0.5) is 0 Å². The summed E-state index contributed by atoms with van der Waals surface area (Å²) in [5.74, 6) is -2.48. The highest BCUT2D eigenvalue weighted by molar-refractivity contribution is 6.26. The summed E-state index contributed by atoms with van der Waals surface area (Å²) in [4.78, 5) is 48.1. The molecule has 12 heteroatoms. The van der Waals surface area contributed by atoms with Crippen LogP contribution in [0.15, 0.2) is 21.9 Å². The Hall–Kier alpha value is -1.88. The summed E-state index contributed by atoms with van der Waals surface area (Å²) < 4.78 is 16.5. The lowest BCUT2D eigenvalue weighted by molar-refractivity contribution is -0.162. The fourth-order valence-corrected chi connectivity index (χ4v) is 2.70. The minimum Gasteiger partial charge on any atom is -0.462 e. The van der Waals surface area contributed by atoms with E-state index >= 15 is 0 Å². The highest BCUT2D eigenvalue weighted by Gasteiger charge is 2.56. The highest BCUT2D eigenvalue weighted by Crippen LogP contribution is 2.39. The molecule has 144 valence electrons. The van der Waals surface area contributed by atoms with Crippen LogP contribution < -0.4 is 11.2 Å². The van der Waals surface area contributed by atoms with Gasteiger partial charge in [-0.1, -0.05) is 0 Å². The van der Waals surface area contributed by atoms with Crippen molar-refractivity contribution in [3.05, 3.63) is 33.1 Å². The molecule has 0 bridgehead atoms. The molecule has 1 aromatic rings. The molecule has 1 fully saturated rings. The zero-order valence-electron chi connectivity index (χ0n) is 13.5. The Morgan fingerprint density at radius 2 is 2.00 bits per heavy atom. The van der Waals surface area contributed by atoms with Gasteiger partial charge in [0.05, 0.1) is 0 Å². The second kappa shape index (κ2) is 8.21. The van der Waals surface area contributed by atoms with Gasteiger partial charge in [0.1, 0.15) is 30.1 Å². The number of alkyl halides is 2. The van der Waals surface area contributed by atoms with Crippen molar-refractivity contribution in [2.24, 2.45) is 0 Å². The Morgan fingerprint density at radius 1 is 1.35 bits per heavy atom. The van der Waals surface area contributed by atoms with E-state index in [1.165, 1.54) is 6.92 Å². The molecule has 1 unspecified atom stereocenters. The largest absolute Gasteiger partial charge is 0.462 e. The molecule has 1 aliphatic heterocycles. The van der Waals surface area contributed by atoms with Crippen molar-refractivity contribution < 1.29 is 28.9 Å². The lowest BCUT2D eigenvalue weighted by Crippen LogP contribution is -2.49. The molecule has 26 heavy (non-hydrogen) atoms. The van der Waals surface area contributed by atoms with Crippen molar-refractivity contribution in [1.82, 2.24) is 9.55 Å². The Labute approximate surface area is 156 Å². The number of carbonyl (C=O) groups is 2. The first kappa shape index (κ1) is 20.4. The minimum absolute atomic E-state index is 0.392. The first-order valence-corrected chi connectivity index (χ1v) is 8.44. The van der Waals surface area contributed by atoms with Gasteiger partial charge in [0, 0.05) is 12.3 Å². The van der Waals surface area contributed by atoms with Gasteiger partial charge >= 0.3 is 17.6 Å². The fraction of sp³-hybridized carbons (Fsp3) is 0.571. The van der Waals surface area contributed by atoms with Crippen molar-refractivity contribution in [3.63, 3.8) is 0 Å². The minimum atomic E-state index is -1.90. The number of aliphatic hydroxyl groups is 1. The third kappa shape index (κ3) is 4.26. The van der Waals surface area contributed by atoms with Crippen LogP contribution in [0.2, 0.25) is 0 Å². The third-order valence-electron chi connectivity index (χ3n) is 3.71. The predicted molar refractivity (Wildman–Crippen MR) is 88.1 cm³/mol. The number of nitrogens with one attached hydrogen (secondary N) is 1. The van der Waals surface area contributed by atoms with Crippen LogP contribution in [0.1, 0.15) is 13.2 Å². The summed E-state index contributed by atoms with van der Waals surface area (Å²) in [7, 11) is 0. The number of aromatic nitrogens is 2. The first-order valence-electron chi connectivity index (χ1n) is 7.37. The molecule has 0 aliphatic carbocycles. The fourth-order valence-electron chi connectivity index (χ4n) is 2.56. The standard InChI is InChI=1S/C14H16Cl2N2O8/c1-14(23)11(26-10(21)5-16)7(6-24-9(20)4-15)25-12(14)18-3-2-8(19)17-13(18)22/h2-3,7,11-12,23H,4-6H2,1H3,(H,17,19,22)/t7-,11-,12-,14?/m1/s1. The van der Waals surface area contributed by atoms with Crippen LogP contribution in [0.25, 0.3) is 0 Å². The second-order valence-electron chi connectivity index (χ2n) is 5.63. The zero-order chi connectivity index (χ0) is 19.5. The van der Waals surface area contributed by atoms with Gasteiger partial charge in [0.25, 0.3) is 5.56 Å². The molecule has 1 aliphatic rings. The zero-order valence-corrected chi connectivity index (χ0v) is 15.0. The number of ether oxygens (including phenoxy) is 3. The Bertz CT molecular complexity index is 790. The Morgan fingerprint density at radius 3 is 2.58 bits per heavy atom. The molecule has 1 saturated heterocycles. The second-order valence-corrected chi connectivity index (χ2v) is 6.17. The molecule has 4 atom stereocenters. The molecule has 10 nitrogen and oxygen atoms in total. The monoisotopic (exact) mass is 410 g/mol. The van der Waals surface area contributed by atoms with Crippen molar-refractivity contribution in [1.29, 1.82) is 0 Å². The van der Waals surface area contributed by atoms with Crippen LogP contribution in [0.3, 0.4) is 0 Å². The number of esters is 2. The number of carbonyl (C=O) groups excluding carboxylic acids is 2. The number of halogens is 2. The number of H-pyrrole nitrogens is 1. The summed E-state index contributed by atoms with van der Waals surface area (Å²) in [6.07, 6.45) is -2.62. The maximum absolute atomic E-state index is 12.0. The van der Waals surface area contributed by atoms with E-state index in [0.717, 1.165) is 16.8 Å². The molecule has 0 spiro atoms. The molecule has 0 aromatic carbocycles. The van der Waals surface area contributed by atoms with Gasteiger partial charge in [-0.25, -0.2) is 4.79 Å². The van der Waals surface area contributed by atoms with Crippen LogP contribution >= 0.6 is 23.2 Å². The van der Waals surface area contributed by atoms with Gasteiger partial charge in [-0.2, -0.15) is 0 Å². The summed E-state index contributed by atoms with van der Waals surface area (Å²) in [6, 6.07) is 1.06. The van der Waals surface area contributed by atoms with E-state index < -0.39 is 65.6 Å². The molecule has 2 N–H and O–H groups in total. The van der Waals surface area contributed by atoms with E-state index in [1.54, 1.807) is 0 Å². The van der Waals surface area contributed by atoms with E-state index in [1.807, 2.05) is 4.98 Å². The lowest BCUT2D eigenvalue weighted by Gasteiger charge is -2.29. The van der Waals surface area contributed by atoms with Crippen LogP contribution in [-0.2, 0) is 23.8 Å². The number of rotatable bonds is 6. The molecular weight excluding hydrogens is 395 g/mol. The molecule has 2 rings (SSSR count). The maximum atomic E-state index is 12.0. The molecule has 0 saturated carbocycles. The third-order valence-corrected chi connectivity index (χ3v) is 4.14. The van der Waals surface area contributed by atoms with Crippen molar-refractivity contribution >= 4 is 35.1 Å². The van der Waals surface area contributed by atoms with E-state index in [0.29, 0.717) is 0 Å². The molecule has 2 heterocycles. The quantitative estimate of drug-likeness (QED) is 0.455. The number of nitrogens with zero attached hydrogens (tertiary/aromatic N) is 1. The van der Waals surface area contributed by atoms with Gasteiger partial charge in [-0.3, -0.25) is 23.9 Å². The van der Waals surface area contributed by atoms with Gasteiger partial charge < -0.3 is 19.3 Å². The molecule has 0 amide bonds. The van der Waals surface area contributed by atoms with Crippen LogP contribution in [0.5, 0.6) is 0 Å². The van der Waals surface area contributed by atoms with E-state index in [9.17, 15) is 24.3 Å². The lowest BCUT2D eigenvalue weighted by atomic mass is 9.96. The van der Waals surface area contributed by atoms with Gasteiger partial charge in [-0.15, -0.1) is 23.2 Å². The molecule has 1 aromatic heterocycles. The Kier molecular flexibility index (Phi) is 6.45. The maximum Gasteiger partial charge on any atom is 0.330 e. The van der Waals surface area contributed by atoms with Crippen LogP contribution in [-0.4, -0.2) is 62.8 Å². The first-order chi connectivity index (χ1) is 12.2. The summed E-state index contributed by atoms with van der Waals surface area (Å²) in [5.41, 5.74) is -3.38. The Balaban J connectivity index is 2.35. The highest BCUT2D eigenvalue weighted by atomic mass is 35.5. The van der Waals surface area contributed by atoms with Crippen molar-refractivity contribution in [3.8, 4) is 0 Å². The van der Waals surface area contributed by atoms with Gasteiger partial charge in [-0.05, 0) is 6.92 Å².